The maximum atomic E-state index is 11.1. The molecular formula is C11H17NO3. The summed E-state index contributed by atoms with van der Waals surface area (Å²) in [6.07, 6.45) is 1.11. The number of aryl methyl sites for hydroxylation is 1. The van der Waals surface area contributed by atoms with Crippen molar-refractivity contribution < 1.29 is 13.9 Å². The maximum absolute atomic E-state index is 11.1. The van der Waals surface area contributed by atoms with Gasteiger partial charge in [0.1, 0.15) is 11.5 Å². The molecule has 2 N–H and O–H groups in total. The van der Waals surface area contributed by atoms with Gasteiger partial charge in [-0.05, 0) is 12.1 Å². The van der Waals surface area contributed by atoms with E-state index in [-0.39, 0.29) is 18.3 Å². The average molecular weight is 211 g/mol. The fraction of sp³-hybridized carbons (Fsp3) is 0.545. The summed E-state index contributed by atoms with van der Waals surface area (Å²) in [7, 11) is 1.37. The zero-order valence-electron chi connectivity index (χ0n) is 9.16. The number of nitrogens with two attached hydrogens (primary N) is 1. The molecule has 1 atom stereocenters. The van der Waals surface area contributed by atoms with Gasteiger partial charge in [-0.15, -0.1) is 0 Å². The van der Waals surface area contributed by atoms with Crippen molar-refractivity contribution in [1.82, 2.24) is 0 Å². The van der Waals surface area contributed by atoms with E-state index >= 15 is 0 Å². The number of ether oxygens (including phenoxy) is 1. The number of furan rings is 1. The fourth-order valence-electron chi connectivity index (χ4n) is 1.39. The molecule has 0 aliphatic heterocycles. The Bertz CT molecular complexity index is 319. The molecule has 4 nitrogen and oxygen atoms in total. The predicted octanol–water partition coefficient (Wildman–Crippen LogP) is 1.45. The molecule has 1 heterocycles. The molecule has 0 aliphatic rings. The molecule has 0 aromatic carbocycles. The van der Waals surface area contributed by atoms with Gasteiger partial charge in [-0.3, -0.25) is 4.79 Å². The predicted molar refractivity (Wildman–Crippen MR) is 56.5 cm³/mol. The number of carbonyl (C=O) groups excluding carboxylic acids is 1. The van der Waals surface area contributed by atoms with Crippen molar-refractivity contribution in [3.05, 3.63) is 23.7 Å². The number of carbonyl (C=O) groups is 1. The summed E-state index contributed by atoms with van der Waals surface area (Å²) < 4.78 is 10.1. The van der Waals surface area contributed by atoms with E-state index < -0.39 is 0 Å². The van der Waals surface area contributed by atoms with E-state index in [1.165, 1.54) is 7.11 Å². The number of esters is 1. The maximum Gasteiger partial charge on any atom is 0.306 e. The number of hydrogen-bond donors (Lipinski definition) is 1. The first-order chi connectivity index (χ1) is 7.21. The highest BCUT2D eigenvalue weighted by atomic mass is 16.5. The van der Waals surface area contributed by atoms with E-state index in [2.05, 4.69) is 4.74 Å². The molecule has 1 unspecified atom stereocenters. The molecular weight excluding hydrogens is 194 g/mol. The van der Waals surface area contributed by atoms with Gasteiger partial charge in [0.2, 0.25) is 0 Å². The van der Waals surface area contributed by atoms with Crippen LogP contribution in [0.2, 0.25) is 0 Å². The number of hydrogen-bond acceptors (Lipinski definition) is 4. The Labute approximate surface area is 89.4 Å². The smallest absolute Gasteiger partial charge is 0.306 e. The Morgan fingerprint density at radius 3 is 2.80 bits per heavy atom. The van der Waals surface area contributed by atoms with Crippen LogP contribution in [0.3, 0.4) is 0 Å². The van der Waals surface area contributed by atoms with E-state index in [0.29, 0.717) is 6.54 Å². The first-order valence-corrected chi connectivity index (χ1v) is 5.06. The van der Waals surface area contributed by atoms with Crippen molar-refractivity contribution >= 4 is 5.97 Å². The number of rotatable bonds is 5. The largest absolute Gasteiger partial charge is 0.469 e. The molecule has 1 rings (SSSR count). The molecule has 0 saturated heterocycles. The molecule has 0 bridgehead atoms. The van der Waals surface area contributed by atoms with Crippen molar-refractivity contribution in [2.75, 3.05) is 13.7 Å². The quantitative estimate of drug-likeness (QED) is 0.748. The lowest BCUT2D eigenvalue weighted by Gasteiger charge is -2.09. The molecule has 0 amide bonds. The van der Waals surface area contributed by atoms with E-state index in [1.807, 2.05) is 19.1 Å². The summed E-state index contributed by atoms with van der Waals surface area (Å²) in [5, 5.41) is 0. The Balaban J connectivity index is 2.69. The second-order valence-corrected chi connectivity index (χ2v) is 3.37. The SMILES string of the molecule is CCc1ccc(C(CN)CC(=O)OC)o1. The van der Waals surface area contributed by atoms with E-state index in [0.717, 1.165) is 17.9 Å². The molecule has 0 spiro atoms. The molecule has 4 heteroatoms. The molecule has 84 valence electrons. The topological polar surface area (TPSA) is 65.5 Å². The lowest BCUT2D eigenvalue weighted by molar-refractivity contribution is -0.141. The summed E-state index contributed by atoms with van der Waals surface area (Å²) in [4.78, 5) is 11.1. The molecule has 0 saturated carbocycles. The molecule has 0 radical (unpaired) electrons. The Hall–Kier alpha value is -1.29. The highest BCUT2D eigenvalue weighted by Crippen LogP contribution is 2.21. The van der Waals surface area contributed by atoms with Gasteiger partial charge in [0.05, 0.1) is 13.5 Å². The van der Waals surface area contributed by atoms with Crippen molar-refractivity contribution in [3.8, 4) is 0 Å². The molecule has 0 aliphatic carbocycles. The van der Waals surface area contributed by atoms with Crippen LogP contribution in [0.1, 0.15) is 30.8 Å². The van der Waals surface area contributed by atoms with Crippen molar-refractivity contribution in [2.45, 2.75) is 25.7 Å². The van der Waals surface area contributed by atoms with E-state index in [4.69, 9.17) is 10.2 Å². The monoisotopic (exact) mass is 211 g/mol. The first kappa shape index (κ1) is 11.8. The summed E-state index contributed by atoms with van der Waals surface area (Å²) in [5.74, 6) is 1.32. The van der Waals surface area contributed by atoms with Gasteiger partial charge in [-0.1, -0.05) is 6.92 Å². The zero-order valence-corrected chi connectivity index (χ0v) is 9.16. The minimum absolute atomic E-state index is 0.0854. The van der Waals surface area contributed by atoms with Gasteiger partial charge in [-0.25, -0.2) is 0 Å². The lowest BCUT2D eigenvalue weighted by Crippen LogP contribution is -2.16. The second-order valence-electron chi connectivity index (χ2n) is 3.37. The van der Waals surface area contributed by atoms with Gasteiger partial charge in [-0.2, -0.15) is 0 Å². The van der Waals surface area contributed by atoms with Gasteiger partial charge in [0.15, 0.2) is 0 Å². The van der Waals surface area contributed by atoms with Crippen molar-refractivity contribution in [3.63, 3.8) is 0 Å². The summed E-state index contributed by atoms with van der Waals surface area (Å²) in [5.41, 5.74) is 5.59. The van der Waals surface area contributed by atoms with Crippen LogP contribution >= 0.6 is 0 Å². The van der Waals surface area contributed by atoms with Gasteiger partial charge >= 0.3 is 5.97 Å². The van der Waals surface area contributed by atoms with Crippen LogP contribution < -0.4 is 5.73 Å². The van der Waals surface area contributed by atoms with Crippen LogP contribution in [0.25, 0.3) is 0 Å². The lowest BCUT2D eigenvalue weighted by atomic mass is 10.0. The molecule has 1 aromatic rings. The van der Waals surface area contributed by atoms with E-state index in [9.17, 15) is 4.79 Å². The van der Waals surface area contributed by atoms with Crippen LogP contribution in [0.5, 0.6) is 0 Å². The van der Waals surface area contributed by atoms with Crippen LogP contribution in [0, 0.1) is 0 Å². The first-order valence-electron chi connectivity index (χ1n) is 5.06. The standard InChI is InChI=1S/C11H17NO3/c1-3-9-4-5-10(15-9)8(7-12)6-11(13)14-2/h4-5,8H,3,6-7,12H2,1-2H3. The fourth-order valence-corrected chi connectivity index (χ4v) is 1.39. The Morgan fingerprint density at radius 1 is 1.60 bits per heavy atom. The zero-order chi connectivity index (χ0) is 11.3. The van der Waals surface area contributed by atoms with Crippen LogP contribution in [0.15, 0.2) is 16.5 Å². The normalized spacial score (nSPS) is 12.5. The third-order valence-corrected chi connectivity index (χ3v) is 2.36. The number of methoxy groups -OCH3 is 1. The van der Waals surface area contributed by atoms with Gasteiger partial charge in [0.25, 0.3) is 0 Å². The van der Waals surface area contributed by atoms with Gasteiger partial charge in [0, 0.05) is 18.9 Å². The minimum atomic E-state index is -0.264. The summed E-state index contributed by atoms with van der Waals surface area (Å²) in [6, 6.07) is 3.79. The average Bonchev–Trinajstić information content (AvgIpc) is 2.73. The van der Waals surface area contributed by atoms with Crippen LogP contribution in [-0.4, -0.2) is 19.6 Å². The highest BCUT2D eigenvalue weighted by Gasteiger charge is 2.18. The Morgan fingerprint density at radius 2 is 2.33 bits per heavy atom. The van der Waals surface area contributed by atoms with Crippen LogP contribution in [0.4, 0.5) is 0 Å². The summed E-state index contributed by atoms with van der Waals surface area (Å²) in [6.45, 7) is 2.39. The molecule has 1 aromatic heterocycles. The Kier molecular flexibility index (Phi) is 4.37. The minimum Gasteiger partial charge on any atom is -0.469 e. The van der Waals surface area contributed by atoms with Crippen molar-refractivity contribution in [1.29, 1.82) is 0 Å². The molecule has 0 fully saturated rings. The molecule has 15 heavy (non-hydrogen) atoms. The summed E-state index contributed by atoms with van der Waals surface area (Å²) >= 11 is 0. The van der Waals surface area contributed by atoms with Gasteiger partial charge < -0.3 is 14.9 Å². The highest BCUT2D eigenvalue weighted by molar-refractivity contribution is 5.70. The van der Waals surface area contributed by atoms with E-state index in [1.54, 1.807) is 0 Å². The third-order valence-electron chi connectivity index (χ3n) is 2.36. The van der Waals surface area contributed by atoms with Crippen molar-refractivity contribution in [2.24, 2.45) is 5.73 Å². The second kappa shape index (κ2) is 5.56. The third kappa shape index (κ3) is 3.09. The van der Waals surface area contributed by atoms with Crippen LogP contribution in [-0.2, 0) is 16.0 Å².